The van der Waals surface area contributed by atoms with Gasteiger partial charge in [-0.05, 0) is 30.5 Å². The standard InChI is InChI=1S/C11H19N3/c1-8(2)10(12)7-14-11-6-9(3)4-5-13-11/h4-6,8,10H,7,12H2,1-3H3,(H,13,14). The van der Waals surface area contributed by atoms with Crippen molar-refractivity contribution in [2.75, 3.05) is 11.9 Å². The Labute approximate surface area is 85.7 Å². The van der Waals surface area contributed by atoms with Gasteiger partial charge in [0, 0.05) is 18.8 Å². The molecule has 1 unspecified atom stereocenters. The van der Waals surface area contributed by atoms with Crippen molar-refractivity contribution in [2.24, 2.45) is 11.7 Å². The molecule has 0 spiro atoms. The van der Waals surface area contributed by atoms with E-state index in [1.807, 2.05) is 12.1 Å². The van der Waals surface area contributed by atoms with Crippen LogP contribution in [0.4, 0.5) is 5.82 Å². The van der Waals surface area contributed by atoms with E-state index in [1.165, 1.54) is 5.56 Å². The third kappa shape index (κ3) is 3.34. The molecule has 0 amide bonds. The fourth-order valence-corrected chi connectivity index (χ4v) is 1.09. The fraction of sp³-hybridized carbons (Fsp3) is 0.545. The maximum absolute atomic E-state index is 5.91. The molecule has 1 heterocycles. The molecule has 3 N–H and O–H groups in total. The molecule has 14 heavy (non-hydrogen) atoms. The van der Waals surface area contributed by atoms with Crippen LogP contribution in [0.15, 0.2) is 18.3 Å². The summed E-state index contributed by atoms with van der Waals surface area (Å²) in [4.78, 5) is 4.20. The SMILES string of the molecule is Cc1ccnc(NCC(N)C(C)C)c1. The quantitative estimate of drug-likeness (QED) is 0.766. The second kappa shape index (κ2) is 4.96. The van der Waals surface area contributed by atoms with Crippen LogP contribution in [0, 0.1) is 12.8 Å². The first-order valence-corrected chi connectivity index (χ1v) is 5.01. The molecule has 0 saturated carbocycles. The van der Waals surface area contributed by atoms with Crippen LogP contribution in [0.3, 0.4) is 0 Å². The molecule has 0 fully saturated rings. The van der Waals surface area contributed by atoms with Gasteiger partial charge in [0.25, 0.3) is 0 Å². The molecule has 78 valence electrons. The van der Waals surface area contributed by atoms with Crippen molar-refractivity contribution >= 4 is 5.82 Å². The summed E-state index contributed by atoms with van der Waals surface area (Å²) in [6.07, 6.45) is 1.80. The second-order valence-electron chi connectivity index (χ2n) is 4.01. The molecule has 3 nitrogen and oxygen atoms in total. The average molecular weight is 193 g/mol. The first-order valence-electron chi connectivity index (χ1n) is 5.01. The predicted molar refractivity (Wildman–Crippen MR) is 60.3 cm³/mol. The third-order valence-electron chi connectivity index (χ3n) is 2.29. The lowest BCUT2D eigenvalue weighted by Gasteiger charge is -2.16. The smallest absolute Gasteiger partial charge is 0.126 e. The fourth-order valence-electron chi connectivity index (χ4n) is 1.09. The van der Waals surface area contributed by atoms with Crippen molar-refractivity contribution in [1.29, 1.82) is 0 Å². The van der Waals surface area contributed by atoms with Crippen LogP contribution < -0.4 is 11.1 Å². The minimum absolute atomic E-state index is 0.178. The minimum Gasteiger partial charge on any atom is -0.369 e. The van der Waals surface area contributed by atoms with Crippen LogP contribution in [0.1, 0.15) is 19.4 Å². The highest BCUT2D eigenvalue weighted by molar-refractivity contribution is 5.37. The van der Waals surface area contributed by atoms with Gasteiger partial charge in [-0.25, -0.2) is 4.98 Å². The molecule has 0 bridgehead atoms. The van der Waals surface area contributed by atoms with Gasteiger partial charge in [0.1, 0.15) is 5.82 Å². The summed E-state index contributed by atoms with van der Waals surface area (Å²) in [5, 5.41) is 3.23. The van der Waals surface area contributed by atoms with Gasteiger partial charge in [0.15, 0.2) is 0 Å². The summed E-state index contributed by atoms with van der Waals surface area (Å²) in [7, 11) is 0. The van der Waals surface area contributed by atoms with E-state index < -0.39 is 0 Å². The number of nitrogens with zero attached hydrogens (tertiary/aromatic N) is 1. The molecule has 1 atom stereocenters. The van der Waals surface area contributed by atoms with Gasteiger partial charge >= 0.3 is 0 Å². The molecule has 1 aromatic heterocycles. The first-order chi connectivity index (χ1) is 6.59. The van der Waals surface area contributed by atoms with E-state index in [9.17, 15) is 0 Å². The third-order valence-corrected chi connectivity index (χ3v) is 2.29. The topological polar surface area (TPSA) is 50.9 Å². The highest BCUT2D eigenvalue weighted by atomic mass is 15.0. The highest BCUT2D eigenvalue weighted by Gasteiger charge is 2.06. The zero-order chi connectivity index (χ0) is 10.6. The Morgan fingerprint density at radius 3 is 2.79 bits per heavy atom. The van der Waals surface area contributed by atoms with E-state index in [0.29, 0.717) is 5.92 Å². The zero-order valence-corrected chi connectivity index (χ0v) is 9.12. The van der Waals surface area contributed by atoms with Gasteiger partial charge in [-0.1, -0.05) is 13.8 Å². The van der Waals surface area contributed by atoms with E-state index in [0.717, 1.165) is 12.4 Å². The molecular formula is C11H19N3. The van der Waals surface area contributed by atoms with E-state index in [1.54, 1.807) is 6.20 Å². The van der Waals surface area contributed by atoms with Crippen molar-refractivity contribution in [3.05, 3.63) is 23.9 Å². The van der Waals surface area contributed by atoms with Crippen molar-refractivity contribution in [3.63, 3.8) is 0 Å². The molecule has 1 aromatic rings. The lowest BCUT2D eigenvalue weighted by Crippen LogP contribution is -2.34. The van der Waals surface area contributed by atoms with Crippen LogP contribution in [0.2, 0.25) is 0 Å². The van der Waals surface area contributed by atoms with Gasteiger partial charge in [-0.2, -0.15) is 0 Å². The largest absolute Gasteiger partial charge is 0.369 e. The Morgan fingerprint density at radius 1 is 1.50 bits per heavy atom. The molecule has 0 radical (unpaired) electrons. The molecular weight excluding hydrogens is 174 g/mol. The molecule has 1 rings (SSSR count). The summed E-state index contributed by atoms with van der Waals surface area (Å²) in [5.74, 6) is 1.40. The number of hydrogen-bond donors (Lipinski definition) is 2. The Hall–Kier alpha value is -1.09. The van der Waals surface area contributed by atoms with Crippen molar-refractivity contribution in [1.82, 2.24) is 4.98 Å². The van der Waals surface area contributed by atoms with Crippen LogP contribution in [0.25, 0.3) is 0 Å². The van der Waals surface area contributed by atoms with Crippen molar-refractivity contribution < 1.29 is 0 Å². The Balaban J connectivity index is 2.45. The number of nitrogens with one attached hydrogen (secondary N) is 1. The minimum atomic E-state index is 0.178. The number of anilines is 1. The Kier molecular flexibility index (Phi) is 3.89. The maximum atomic E-state index is 5.91. The van der Waals surface area contributed by atoms with Gasteiger partial charge in [-0.15, -0.1) is 0 Å². The maximum Gasteiger partial charge on any atom is 0.126 e. The van der Waals surface area contributed by atoms with Crippen LogP contribution in [-0.4, -0.2) is 17.6 Å². The Bertz CT molecular complexity index is 284. The summed E-state index contributed by atoms with van der Waals surface area (Å²) in [6.45, 7) is 7.06. The average Bonchev–Trinajstić information content (AvgIpc) is 2.14. The molecule has 0 saturated heterocycles. The van der Waals surface area contributed by atoms with Crippen molar-refractivity contribution in [3.8, 4) is 0 Å². The van der Waals surface area contributed by atoms with Gasteiger partial charge < -0.3 is 11.1 Å². The Morgan fingerprint density at radius 2 is 2.21 bits per heavy atom. The zero-order valence-electron chi connectivity index (χ0n) is 9.12. The first kappa shape index (κ1) is 11.0. The second-order valence-corrected chi connectivity index (χ2v) is 4.01. The van der Waals surface area contributed by atoms with Crippen molar-refractivity contribution in [2.45, 2.75) is 26.8 Å². The molecule has 0 aliphatic heterocycles. The lowest BCUT2D eigenvalue weighted by molar-refractivity contribution is 0.511. The van der Waals surface area contributed by atoms with Crippen LogP contribution in [0.5, 0.6) is 0 Å². The highest BCUT2D eigenvalue weighted by Crippen LogP contribution is 2.06. The van der Waals surface area contributed by atoms with Crippen LogP contribution >= 0.6 is 0 Å². The number of nitrogens with two attached hydrogens (primary N) is 1. The molecule has 0 aromatic carbocycles. The number of pyridine rings is 1. The summed E-state index contributed by atoms with van der Waals surface area (Å²) in [6, 6.07) is 4.18. The van der Waals surface area contributed by atoms with Gasteiger partial charge in [0.05, 0.1) is 0 Å². The van der Waals surface area contributed by atoms with E-state index in [4.69, 9.17) is 5.73 Å². The molecule has 3 heteroatoms. The van der Waals surface area contributed by atoms with Gasteiger partial charge in [-0.3, -0.25) is 0 Å². The monoisotopic (exact) mass is 193 g/mol. The van der Waals surface area contributed by atoms with Gasteiger partial charge in [0.2, 0.25) is 0 Å². The van der Waals surface area contributed by atoms with E-state index >= 15 is 0 Å². The molecule has 0 aliphatic carbocycles. The van der Waals surface area contributed by atoms with Crippen LogP contribution in [-0.2, 0) is 0 Å². The number of hydrogen-bond acceptors (Lipinski definition) is 3. The molecule has 0 aliphatic rings. The van der Waals surface area contributed by atoms with E-state index in [-0.39, 0.29) is 6.04 Å². The predicted octanol–water partition coefficient (Wildman–Crippen LogP) is 1.79. The summed E-state index contributed by atoms with van der Waals surface area (Å²) < 4.78 is 0. The van der Waals surface area contributed by atoms with E-state index in [2.05, 4.69) is 31.1 Å². The normalized spacial score (nSPS) is 12.9. The summed E-state index contributed by atoms with van der Waals surface area (Å²) >= 11 is 0. The number of aryl methyl sites for hydroxylation is 1. The summed E-state index contributed by atoms with van der Waals surface area (Å²) in [5.41, 5.74) is 7.12. The lowest BCUT2D eigenvalue weighted by atomic mass is 10.1. The number of rotatable bonds is 4. The number of aromatic nitrogens is 1.